The Labute approximate surface area is 205 Å². The van der Waals surface area contributed by atoms with Crippen LogP contribution >= 0.6 is 0 Å². The van der Waals surface area contributed by atoms with Gasteiger partial charge in [0.15, 0.2) is 0 Å². The van der Waals surface area contributed by atoms with Gasteiger partial charge in [0.25, 0.3) is 0 Å². The number of carboxylic acid groups (broad SMARTS) is 1. The molecule has 14 heteroatoms. The SMILES string of the molecule is NC(=O)CC(NC(=O)C(CO)NC(=O)C(N)Cc1ccccc1)C(=O)NC(Cc1cnc[nH]1)C(=O)O. The summed E-state index contributed by atoms with van der Waals surface area (Å²) in [5.74, 6) is -5.05. The largest absolute Gasteiger partial charge is 0.480 e. The van der Waals surface area contributed by atoms with E-state index in [1.807, 2.05) is 0 Å². The second-order valence-corrected chi connectivity index (χ2v) is 7.95. The molecule has 1 aromatic carbocycles. The molecule has 2 aromatic rings. The number of hydrogen-bond donors (Lipinski definition) is 8. The van der Waals surface area contributed by atoms with Crippen molar-refractivity contribution in [3.8, 4) is 0 Å². The van der Waals surface area contributed by atoms with Crippen LogP contribution in [0.25, 0.3) is 0 Å². The molecule has 10 N–H and O–H groups in total. The van der Waals surface area contributed by atoms with Gasteiger partial charge in [-0.15, -0.1) is 0 Å². The first kappa shape index (κ1) is 27.9. The third-order valence-electron chi connectivity index (χ3n) is 5.08. The number of benzene rings is 1. The minimum Gasteiger partial charge on any atom is -0.480 e. The van der Waals surface area contributed by atoms with E-state index >= 15 is 0 Å². The summed E-state index contributed by atoms with van der Waals surface area (Å²) >= 11 is 0. The lowest BCUT2D eigenvalue weighted by atomic mass is 10.1. The van der Waals surface area contributed by atoms with Crippen molar-refractivity contribution in [3.63, 3.8) is 0 Å². The molecule has 0 saturated heterocycles. The van der Waals surface area contributed by atoms with Gasteiger partial charge >= 0.3 is 5.97 Å². The van der Waals surface area contributed by atoms with Gasteiger partial charge in [-0.2, -0.15) is 0 Å². The van der Waals surface area contributed by atoms with Gasteiger partial charge in [-0.3, -0.25) is 19.2 Å². The molecular weight excluding hydrogens is 474 g/mol. The van der Waals surface area contributed by atoms with E-state index in [-0.39, 0.29) is 12.8 Å². The maximum atomic E-state index is 12.7. The third kappa shape index (κ3) is 8.81. The number of H-pyrrole nitrogens is 1. The minimum atomic E-state index is -1.57. The number of amides is 4. The monoisotopic (exact) mass is 503 g/mol. The number of hydrogen-bond acceptors (Lipinski definition) is 8. The van der Waals surface area contributed by atoms with Gasteiger partial charge in [-0.1, -0.05) is 30.3 Å². The zero-order chi connectivity index (χ0) is 26.7. The fourth-order valence-corrected chi connectivity index (χ4v) is 3.20. The number of carboxylic acids is 1. The number of nitrogens with two attached hydrogens (primary N) is 2. The molecule has 0 aliphatic heterocycles. The number of nitrogens with one attached hydrogen (secondary N) is 4. The number of aromatic nitrogens is 2. The van der Waals surface area contributed by atoms with Gasteiger partial charge in [-0.25, -0.2) is 9.78 Å². The van der Waals surface area contributed by atoms with Gasteiger partial charge in [-0.05, 0) is 12.0 Å². The number of imidazole rings is 1. The van der Waals surface area contributed by atoms with E-state index in [9.17, 15) is 34.2 Å². The number of aliphatic carboxylic acids is 1. The maximum absolute atomic E-state index is 12.7. The van der Waals surface area contributed by atoms with E-state index in [1.165, 1.54) is 12.5 Å². The number of carbonyl (C=O) groups excluding carboxylic acids is 4. The predicted octanol–water partition coefficient (Wildman–Crippen LogP) is -3.07. The summed E-state index contributed by atoms with van der Waals surface area (Å²) in [6.45, 7) is -0.835. The Balaban J connectivity index is 2.03. The van der Waals surface area contributed by atoms with Crippen molar-refractivity contribution in [2.45, 2.75) is 43.4 Å². The third-order valence-corrected chi connectivity index (χ3v) is 5.08. The highest BCUT2D eigenvalue weighted by atomic mass is 16.4. The van der Waals surface area contributed by atoms with Crippen molar-refractivity contribution in [1.29, 1.82) is 0 Å². The molecule has 1 aromatic heterocycles. The van der Waals surface area contributed by atoms with E-state index in [2.05, 4.69) is 25.9 Å². The van der Waals surface area contributed by atoms with Gasteiger partial charge in [0.1, 0.15) is 18.1 Å². The van der Waals surface area contributed by atoms with Crippen LogP contribution in [-0.4, -0.2) is 80.6 Å². The first-order chi connectivity index (χ1) is 17.1. The van der Waals surface area contributed by atoms with Crippen molar-refractivity contribution >= 4 is 29.6 Å². The van der Waals surface area contributed by atoms with Crippen molar-refractivity contribution < 1.29 is 34.2 Å². The van der Waals surface area contributed by atoms with Crippen LogP contribution in [0.3, 0.4) is 0 Å². The van der Waals surface area contributed by atoms with Gasteiger partial charge < -0.3 is 42.6 Å². The van der Waals surface area contributed by atoms with Crippen LogP contribution in [-0.2, 0) is 36.8 Å². The average molecular weight is 504 g/mol. The number of aliphatic hydroxyl groups excluding tert-OH is 1. The summed E-state index contributed by atoms with van der Waals surface area (Å²) in [5.41, 5.74) is 12.3. The molecule has 0 bridgehead atoms. The topological polar surface area (TPSA) is 243 Å². The van der Waals surface area contributed by atoms with Gasteiger partial charge in [0.05, 0.1) is 25.4 Å². The minimum absolute atomic E-state index is 0.146. The Morgan fingerprint density at radius 2 is 1.53 bits per heavy atom. The van der Waals surface area contributed by atoms with Crippen LogP contribution < -0.4 is 27.4 Å². The normalized spacial score (nSPS) is 14.1. The Morgan fingerprint density at radius 1 is 0.917 bits per heavy atom. The fraction of sp³-hybridized carbons (Fsp3) is 0.364. The van der Waals surface area contributed by atoms with Crippen LogP contribution in [0, 0.1) is 0 Å². The molecule has 1 heterocycles. The first-order valence-corrected chi connectivity index (χ1v) is 10.9. The van der Waals surface area contributed by atoms with Crippen molar-refractivity contribution in [3.05, 3.63) is 54.1 Å². The summed E-state index contributed by atoms with van der Waals surface area (Å²) in [4.78, 5) is 67.4. The number of nitrogens with zero attached hydrogens (tertiary/aromatic N) is 1. The van der Waals surface area contributed by atoms with Crippen molar-refractivity contribution in [1.82, 2.24) is 25.9 Å². The summed E-state index contributed by atoms with van der Waals surface area (Å²) in [6, 6.07) is 3.39. The second-order valence-electron chi connectivity index (χ2n) is 7.95. The van der Waals surface area contributed by atoms with E-state index in [0.717, 1.165) is 5.56 Å². The standard InChI is InChI=1S/C22H29N7O7/c23-14(6-12-4-2-1-3-5-12)19(32)29-17(10-30)21(34)27-15(8-18(24)31)20(33)28-16(22(35)36)7-13-9-25-11-26-13/h1-5,9,11,14-17,30H,6-8,10,23H2,(H2,24,31)(H,25,26)(H,27,34)(H,28,33)(H,29,32)(H,35,36). The smallest absolute Gasteiger partial charge is 0.326 e. The highest BCUT2D eigenvalue weighted by molar-refractivity contribution is 5.96. The van der Waals surface area contributed by atoms with Crippen LogP contribution in [0.1, 0.15) is 17.7 Å². The second kappa shape index (κ2) is 13.6. The molecular formula is C22H29N7O7. The average Bonchev–Trinajstić information content (AvgIpc) is 3.34. The predicted molar refractivity (Wildman–Crippen MR) is 125 cm³/mol. The van der Waals surface area contributed by atoms with E-state index in [1.54, 1.807) is 30.3 Å². The summed E-state index contributed by atoms with van der Waals surface area (Å²) in [7, 11) is 0. The number of carbonyl (C=O) groups is 5. The van der Waals surface area contributed by atoms with Crippen LogP contribution in [0.5, 0.6) is 0 Å². The zero-order valence-corrected chi connectivity index (χ0v) is 19.2. The number of aromatic amines is 1. The van der Waals surface area contributed by atoms with Crippen molar-refractivity contribution in [2.24, 2.45) is 11.5 Å². The lowest BCUT2D eigenvalue weighted by Crippen LogP contribution is -2.59. The molecule has 36 heavy (non-hydrogen) atoms. The number of rotatable bonds is 14. The Kier molecular flexibility index (Phi) is 10.5. The molecule has 2 rings (SSSR count). The Bertz CT molecular complexity index is 1050. The fourth-order valence-electron chi connectivity index (χ4n) is 3.20. The highest BCUT2D eigenvalue weighted by Crippen LogP contribution is 2.04. The Hall–Kier alpha value is -4.30. The molecule has 0 aliphatic carbocycles. The number of primary amides is 1. The molecule has 4 atom stereocenters. The molecule has 0 saturated carbocycles. The van der Waals surface area contributed by atoms with E-state index < -0.39 is 66.8 Å². The summed E-state index contributed by atoms with van der Waals surface area (Å²) < 4.78 is 0. The van der Waals surface area contributed by atoms with E-state index in [4.69, 9.17) is 11.5 Å². The first-order valence-electron chi connectivity index (χ1n) is 10.9. The van der Waals surface area contributed by atoms with Crippen LogP contribution in [0.4, 0.5) is 0 Å². The molecule has 14 nitrogen and oxygen atoms in total. The lowest BCUT2D eigenvalue weighted by Gasteiger charge is -2.23. The molecule has 0 fully saturated rings. The molecule has 0 radical (unpaired) electrons. The lowest BCUT2D eigenvalue weighted by molar-refractivity contribution is -0.142. The summed E-state index contributed by atoms with van der Waals surface area (Å²) in [6.07, 6.45) is 2.08. The quantitative estimate of drug-likeness (QED) is 0.130. The zero-order valence-electron chi connectivity index (χ0n) is 19.2. The summed E-state index contributed by atoms with van der Waals surface area (Å²) in [5, 5.41) is 25.8. The molecule has 4 unspecified atom stereocenters. The Morgan fingerprint density at radius 3 is 2.08 bits per heavy atom. The van der Waals surface area contributed by atoms with Crippen molar-refractivity contribution in [2.75, 3.05) is 6.61 Å². The molecule has 0 aliphatic rings. The highest BCUT2D eigenvalue weighted by Gasteiger charge is 2.31. The maximum Gasteiger partial charge on any atom is 0.326 e. The van der Waals surface area contributed by atoms with Gasteiger partial charge in [0.2, 0.25) is 23.6 Å². The number of aliphatic hydroxyl groups is 1. The molecule has 0 spiro atoms. The molecule has 194 valence electrons. The van der Waals surface area contributed by atoms with Crippen LogP contribution in [0.15, 0.2) is 42.9 Å². The van der Waals surface area contributed by atoms with Crippen LogP contribution in [0.2, 0.25) is 0 Å². The molecule has 4 amide bonds. The van der Waals surface area contributed by atoms with E-state index in [0.29, 0.717) is 5.69 Å². The van der Waals surface area contributed by atoms with Gasteiger partial charge in [0, 0.05) is 18.3 Å².